The maximum Gasteiger partial charge on any atom is 0.404 e. The molecular formula is C11H19F3N2O3S. The molecule has 0 saturated carbocycles. The van der Waals surface area contributed by atoms with Crippen LogP contribution in [0.2, 0.25) is 0 Å². The second-order valence-corrected chi connectivity index (χ2v) is 8.37. The fraction of sp³-hybridized carbons (Fsp3) is 0.909. The standard InChI is InChI=1S/C11H19F3N2O3S/c1-9(2,20(3,18)19)6-16-8(17)10(11(12,13)14)4-5-15-7-10/h15H,4-7H2,1-3H3,(H,16,17). The fourth-order valence-corrected chi connectivity index (χ4v) is 2.18. The Labute approximate surface area is 116 Å². The van der Waals surface area contributed by atoms with Gasteiger partial charge in [-0.1, -0.05) is 0 Å². The Morgan fingerprint density at radius 2 is 1.90 bits per heavy atom. The lowest BCUT2D eigenvalue weighted by atomic mass is 9.85. The van der Waals surface area contributed by atoms with Crippen LogP contribution in [0.4, 0.5) is 13.2 Å². The number of sulfone groups is 1. The minimum Gasteiger partial charge on any atom is -0.354 e. The van der Waals surface area contributed by atoms with Gasteiger partial charge >= 0.3 is 6.18 Å². The Bertz CT molecular complexity index is 480. The van der Waals surface area contributed by atoms with Crippen molar-refractivity contribution >= 4 is 15.7 Å². The number of alkyl halides is 3. The largest absolute Gasteiger partial charge is 0.404 e. The first-order valence-corrected chi connectivity index (χ1v) is 7.98. The zero-order chi connectivity index (χ0) is 15.8. The van der Waals surface area contributed by atoms with Crippen LogP contribution in [-0.4, -0.2) is 51.1 Å². The summed E-state index contributed by atoms with van der Waals surface area (Å²) in [6, 6.07) is 0. The maximum absolute atomic E-state index is 13.1. The van der Waals surface area contributed by atoms with Gasteiger partial charge < -0.3 is 10.6 Å². The van der Waals surface area contributed by atoms with E-state index in [2.05, 4.69) is 10.6 Å². The first-order chi connectivity index (χ1) is 8.83. The molecule has 0 radical (unpaired) electrons. The Hall–Kier alpha value is -0.830. The Kier molecular flexibility index (Phi) is 4.46. The molecule has 1 aliphatic heterocycles. The first-order valence-electron chi connectivity index (χ1n) is 6.09. The number of hydrogen-bond acceptors (Lipinski definition) is 4. The lowest BCUT2D eigenvalue weighted by Gasteiger charge is -2.31. The molecular weight excluding hydrogens is 297 g/mol. The van der Waals surface area contributed by atoms with Gasteiger partial charge in [0, 0.05) is 19.3 Å². The van der Waals surface area contributed by atoms with E-state index in [0.717, 1.165) is 6.26 Å². The molecule has 0 spiro atoms. The maximum atomic E-state index is 13.1. The van der Waals surface area contributed by atoms with Gasteiger partial charge in [-0.25, -0.2) is 8.42 Å². The molecule has 1 fully saturated rings. The van der Waals surface area contributed by atoms with E-state index in [0.29, 0.717) is 0 Å². The second kappa shape index (κ2) is 5.18. The molecule has 0 aromatic rings. The third-order valence-corrected chi connectivity index (χ3v) is 5.96. The molecule has 1 heterocycles. The second-order valence-electron chi connectivity index (χ2n) is 5.72. The summed E-state index contributed by atoms with van der Waals surface area (Å²) in [6.45, 7) is 1.97. The van der Waals surface area contributed by atoms with Crippen LogP contribution in [0.5, 0.6) is 0 Å². The normalized spacial score (nSPS) is 24.7. The average molecular weight is 316 g/mol. The Morgan fingerprint density at radius 1 is 1.35 bits per heavy atom. The van der Waals surface area contributed by atoms with E-state index in [-0.39, 0.29) is 19.5 Å². The SMILES string of the molecule is CC(C)(CNC(=O)C1(C(F)(F)F)CCNC1)S(C)(=O)=O. The summed E-state index contributed by atoms with van der Waals surface area (Å²) in [5.41, 5.74) is -2.47. The van der Waals surface area contributed by atoms with Crippen molar-refractivity contribution in [3.05, 3.63) is 0 Å². The van der Waals surface area contributed by atoms with Crippen LogP contribution < -0.4 is 10.6 Å². The molecule has 118 valence electrons. The molecule has 1 saturated heterocycles. The molecule has 9 heteroatoms. The van der Waals surface area contributed by atoms with Gasteiger partial charge in [0.05, 0.1) is 4.75 Å². The van der Waals surface area contributed by atoms with Gasteiger partial charge in [-0.15, -0.1) is 0 Å². The van der Waals surface area contributed by atoms with Crippen molar-refractivity contribution in [2.45, 2.75) is 31.2 Å². The minimum absolute atomic E-state index is 0.0996. The molecule has 1 rings (SSSR count). The molecule has 1 unspecified atom stereocenters. The topological polar surface area (TPSA) is 75.3 Å². The summed E-state index contributed by atoms with van der Waals surface area (Å²) in [6.07, 6.45) is -4.03. The van der Waals surface area contributed by atoms with Crippen molar-refractivity contribution in [1.82, 2.24) is 10.6 Å². The van der Waals surface area contributed by atoms with Crippen molar-refractivity contribution in [1.29, 1.82) is 0 Å². The molecule has 0 bridgehead atoms. The van der Waals surface area contributed by atoms with Crippen molar-refractivity contribution in [2.75, 3.05) is 25.9 Å². The molecule has 20 heavy (non-hydrogen) atoms. The third kappa shape index (κ3) is 3.08. The summed E-state index contributed by atoms with van der Waals surface area (Å²) < 4.78 is 60.9. The van der Waals surface area contributed by atoms with Gasteiger partial charge in [0.25, 0.3) is 0 Å². The smallest absolute Gasteiger partial charge is 0.354 e. The highest BCUT2D eigenvalue weighted by Gasteiger charge is 2.61. The van der Waals surface area contributed by atoms with E-state index in [9.17, 15) is 26.4 Å². The number of carbonyl (C=O) groups excluding carboxylic acids is 1. The van der Waals surface area contributed by atoms with Gasteiger partial charge in [-0.05, 0) is 26.8 Å². The molecule has 5 nitrogen and oxygen atoms in total. The predicted molar refractivity (Wildman–Crippen MR) is 67.9 cm³/mol. The summed E-state index contributed by atoms with van der Waals surface area (Å²) in [7, 11) is -3.49. The lowest BCUT2D eigenvalue weighted by molar-refractivity contribution is -0.216. The van der Waals surface area contributed by atoms with Crippen LogP contribution in [0, 0.1) is 5.41 Å². The highest BCUT2D eigenvalue weighted by molar-refractivity contribution is 7.92. The predicted octanol–water partition coefficient (Wildman–Crippen LogP) is 0.468. The molecule has 0 aromatic heterocycles. The lowest BCUT2D eigenvalue weighted by Crippen LogP contribution is -2.55. The fourth-order valence-electron chi connectivity index (χ4n) is 1.85. The van der Waals surface area contributed by atoms with E-state index in [1.165, 1.54) is 13.8 Å². The number of hydrogen-bond donors (Lipinski definition) is 2. The van der Waals surface area contributed by atoms with Crippen LogP contribution in [-0.2, 0) is 14.6 Å². The zero-order valence-electron chi connectivity index (χ0n) is 11.6. The van der Waals surface area contributed by atoms with E-state index >= 15 is 0 Å². The van der Waals surface area contributed by atoms with E-state index in [1.54, 1.807) is 0 Å². The monoisotopic (exact) mass is 316 g/mol. The first kappa shape index (κ1) is 17.2. The summed E-state index contributed by atoms with van der Waals surface area (Å²) in [5.74, 6) is -1.17. The molecule has 1 amide bonds. The van der Waals surface area contributed by atoms with Crippen LogP contribution in [0.25, 0.3) is 0 Å². The van der Waals surface area contributed by atoms with E-state index < -0.39 is 38.6 Å². The van der Waals surface area contributed by atoms with Crippen LogP contribution in [0.3, 0.4) is 0 Å². The number of carbonyl (C=O) groups is 1. The van der Waals surface area contributed by atoms with Crippen molar-refractivity contribution in [3.8, 4) is 0 Å². The number of nitrogens with one attached hydrogen (secondary N) is 2. The molecule has 2 N–H and O–H groups in total. The van der Waals surface area contributed by atoms with Gasteiger partial charge in [0.15, 0.2) is 15.3 Å². The van der Waals surface area contributed by atoms with Crippen molar-refractivity contribution in [2.24, 2.45) is 5.41 Å². The Balaban J connectivity index is 2.86. The van der Waals surface area contributed by atoms with Crippen molar-refractivity contribution in [3.63, 3.8) is 0 Å². The van der Waals surface area contributed by atoms with Gasteiger partial charge in [-0.2, -0.15) is 13.2 Å². The number of rotatable bonds is 4. The van der Waals surface area contributed by atoms with Gasteiger partial charge in [-0.3, -0.25) is 4.79 Å². The van der Waals surface area contributed by atoms with Crippen LogP contribution in [0.15, 0.2) is 0 Å². The Morgan fingerprint density at radius 3 is 2.25 bits per heavy atom. The molecule has 0 aromatic carbocycles. The van der Waals surface area contributed by atoms with E-state index in [4.69, 9.17) is 0 Å². The summed E-state index contributed by atoms with van der Waals surface area (Å²) in [5, 5.41) is 4.67. The van der Waals surface area contributed by atoms with Crippen molar-refractivity contribution < 1.29 is 26.4 Å². The third-order valence-electron chi connectivity index (χ3n) is 3.81. The number of halogens is 3. The minimum atomic E-state index is -4.67. The quantitative estimate of drug-likeness (QED) is 0.790. The van der Waals surface area contributed by atoms with Gasteiger partial charge in [0.2, 0.25) is 5.91 Å². The molecule has 0 aliphatic carbocycles. The average Bonchev–Trinajstić information content (AvgIpc) is 2.73. The van der Waals surface area contributed by atoms with E-state index in [1.807, 2.05) is 0 Å². The molecule has 1 aliphatic rings. The zero-order valence-corrected chi connectivity index (χ0v) is 12.4. The summed E-state index contributed by atoms with van der Waals surface area (Å²) in [4.78, 5) is 11.9. The molecule has 1 atom stereocenters. The highest BCUT2D eigenvalue weighted by Crippen LogP contribution is 2.43. The van der Waals surface area contributed by atoms with Gasteiger partial charge in [0.1, 0.15) is 0 Å². The summed E-state index contributed by atoms with van der Waals surface area (Å²) >= 11 is 0. The number of amides is 1. The van der Waals surface area contributed by atoms with Crippen LogP contribution in [0.1, 0.15) is 20.3 Å². The highest BCUT2D eigenvalue weighted by atomic mass is 32.2. The van der Waals surface area contributed by atoms with Crippen LogP contribution >= 0.6 is 0 Å².